The number of thioether (sulfide) groups is 1. The van der Waals surface area contributed by atoms with E-state index < -0.39 is 5.91 Å². The second-order valence-electron chi connectivity index (χ2n) is 6.05. The predicted molar refractivity (Wildman–Crippen MR) is 110 cm³/mol. The Bertz CT molecular complexity index is 1020. The fraction of sp³-hybridized carbons (Fsp3) is 0.263. The van der Waals surface area contributed by atoms with Gasteiger partial charge < -0.3 is 24.9 Å². The number of nitrogens with two attached hydrogens (primary N) is 1. The molecule has 0 unspecified atom stereocenters. The molecule has 0 aliphatic carbocycles. The molecule has 0 radical (unpaired) electrons. The lowest BCUT2D eigenvalue weighted by Gasteiger charge is -2.12. The molecule has 30 heavy (non-hydrogen) atoms. The fourth-order valence-corrected chi connectivity index (χ4v) is 3.40. The molecule has 2 heterocycles. The molecular weight excluding hydrogens is 410 g/mol. The minimum atomic E-state index is -0.451. The SMILES string of the molecule is COc1ccc(OC)c(NC(=O)CSc2nnc(-c3ccco3)n2CCC(N)=O)c1. The minimum Gasteiger partial charge on any atom is -0.497 e. The van der Waals surface area contributed by atoms with Crippen molar-refractivity contribution in [3.05, 3.63) is 36.6 Å². The molecular formula is C19H21N5O5S. The molecule has 0 saturated carbocycles. The number of hydrogen-bond donors (Lipinski definition) is 2. The lowest BCUT2D eigenvalue weighted by Crippen LogP contribution is -2.17. The summed E-state index contributed by atoms with van der Waals surface area (Å²) in [5.74, 6) is 1.41. The zero-order valence-corrected chi connectivity index (χ0v) is 17.3. The molecule has 2 aromatic heterocycles. The number of carbonyl (C=O) groups is 2. The number of aromatic nitrogens is 3. The van der Waals surface area contributed by atoms with Crippen LogP contribution in [0.25, 0.3) is 11.6 Å². The molecule has 1 aromatic carbocycles. The summed E-state index contributed by atoms with van der Waals surface area (Å²) in [6.45, 7) is 0.270. The summed E-state index contributed by atoms with van der Waals surface area (Å²) in [5.41, 5.74) is 5.77. The van der Waals surface area contributed by atoms with Gasteiger partial charge in [0.15, 0.2) is 16.7 Å². The van der Waals surface area contributed by atoms with Gasteiger partial charge in [-0.05, 0) is 24.3 Å². The van der Waals surface area contributed by atoms with Crippen molar-refractivity contribution in [3.8, 4) is 23.1 Å². The van der Waals surface area contributed by atoms with E-state index in [0.29, 0.717) is 33.9 Å². The number of methoxy groups -OCH3 is 2. The number of nitrogens with zero attached hydrogens (tertiary/aromatic N) is 3. The van der Waals surface area contributed by atoms with Gasteiger partial charge in [-0.25, -0.2) is 0 Å². The van der Waals surface area contributed by atoms with Crippen molar-refractivity contribution in [1.82, 2.24) is 14.8 Å². The van der Waals surface area contributed by atoms with Crippen LogP contribution in [-0.4, -0.2) is 46.6 Å². The largest absolute Gasteiger partial charge is 0.497 e. The first-order chi connectivity index (χ1) is 14.5. The molecule has 0 fully saturated rings. The molecule has 11 heteroatoms. The highest BCUT2D eigenvalue weighted by atomic mass is 32.2. The van der Waals surface area contributed by atoms with E-state index in [2.05, 4.69) is 15.5 Å². The molecule has 158 valence electrons. The Labute approximate surface area is 176 Å². The zero-order valence-electron chi connectivity index (χ0n) is 16.5. The topological polar surface area (TPSA) is 134 Å². The van der Waals surface area contributed by atoms with Gasteiger partial charge in [-0.1, -0.05) is 11.8 Å². The maximum atomic E-state index is 12.5. The Kier molecular flexibility index (Phi) is 6.96. The van der Waals surface area contributed by atoms with Gasteiger partial charge in [0.2, 0.25) is 11.8 Å². The Hall–Kier alpha value is -3.47. The van der Waals surface area contributed by atoms with Crippen molar-refractivity contribution in [2.75, 3.05) is 25.3 Å². The van der Waals surface area contributed by atoms with E-state index >= 15 is 0 Å². The Morgan fingerprint density at radius 2 is 2.07 bits per heavy atom. The van der Waals surface area contributed by atoms with Crippen LogP contribution in [0.5, 0.6) is 11.5 Å². The fourth-order valence-electron chi connectivity index (χ4n) is 2.64. The normalized spacial score (nSPS) is 10.6. The van der Waals surface area contributed by atoms with Crippen LogP contribution in [0.4, 0.5) is 5.69 Å². The van der Waals surface area contributed by atoms with Crippen molar-refractivity contribution >= 4 is 29.3 Å². The lowest BCUT2D eigenvalue weighted by molar-refractivity contribution is -0.118. The van der Waals surface area contributed by atoms with E-state index in [9.17, 15) is 9.59 Å². The van der Waals surface area contributed by atoms with Crippen molar-refractivity contribution in [1.29, 1.82) is 0 Å². The maximum Gasteiger partial charge on any atom is 0.234 e. The molecule has 0 saturated heterocycles. The summed E-state index contributed by atoms with van der Waals surface area (Å²) in [4.78, 5) is 23.7. The highest BCUT2D eigenvalue weighted by molar-refractivity contribution is 7.99. The lowest BCUT2D eigenvalue weighted by atomic mass is 10.2. The quantitative estimate of drug-likeness (QED) is 0.466. The average molecular weight is 431 g/mol. The van der Waals surface area contributed by atoms with Crippen LogP contribution in [-0.2, 0) is 16.1 Å². The standard InChI is InChI=1S/C19H21N5O5S/c1-27-12-5-6-14(28-2)13(10-12)21-17(26)11-30-19-23-22-18(15-4-3-9-29-15)24(19)8-7-16(20)25/h3-6,9-10H,7-8,11H2,1-2H3,(H2,20,25)(H,21,26). The highest BCUT2D eigenvalue weighted by Gasteiger charge is 2.18. The van der Waals surface area contributed by atoms with Crippen molar-refractivity contribution in [3.63, 3.8) is 0 Å². The van der Waals surface area contributed by atoms with Crippen LogP contribution in [0, 0.1) is 0 Å². The first-order valence-corrected chi connectivity index (χ1v) is 9.90. The van der Waals surface area contributed by atoms with Gasteiger partial charge in [-0.15, -0.1) is 10.2 Å². The molecule has 3 N–H and O–H groups in total. The molecule has 0 bridgehead atoms. The summed E-state index contributed by atoms with van der Waals surface area (Å²) in [5, 5.41) is 11.5. The number of nitrogens with one attached hydrogen (secondary N) is 1. The Morgan fingerprint density at radius 1 is 1.23 bits per heavy atom. The first-order valence-electron chi connectivity index (χ1n) is 8.92. The maximum absolute atomic E-state index is 12.5. The van der Waals surface area contributed by atoms with Crippen LogP contribution < -0.4 is 20.5 Å². The van der Waals surface area contributed by atoms with Crippen molar-refractivity contribution < 1.29 is 23.5 Å². The van der Waals surface area contributed by atoms with Gasteiger partial charge in [0.05, 0.1) is 31.9 Å². The van der Waals surface area contributed by atoms with Gasteiger partial charge in [0, 0.05) is 19.0 Å². The second-order valence-corrected chi connectivity index (χ2v) is 7.00. The summed E-state index contributed by atoms with van der Waals surface area (Å²) in [6, 6.07) is 8.58. The molecule has 0 aliphatic rings. The molecule has 0 atom stereocenters. The number of carbonyl (C=O) groups excluding carboxylic acids is 2. The highest BCUT2D eigenvalue weighted by Crippen LogP contribution is 2.29. The van der Waals surface area contributed by atoms with Crippen molar-refractivity contribution in [2.24, 2.45) is 5.73 Å². The number of primary amides is 1. The van der Waals surface area contributed by atoms with E-state index in [1.807, 2.05) is 0 Å². The summed E-state index contributed by atoms with van der Waals surface area (Å²) >= 11 is 1.18. The average Bonchev–Trinajstić information content (AvgIpc) is 3.40. The summed E-state index contributed by atoms with van der Waals surface area (Å²) in [7, 11) is 3.06. The number of anilines is 1. The van der Waals surface area contributed by atoms with Crippen LogP contribution in [0.3, 0.4) is 0 Å². The monoisotopic (exact) mass is 431 g/mol. The smallest absolute Gasteiger partial charge is 0.234 e. The van der Waals surface area contributed by atoms with E-state index in [-0.39, 0.29) is 24.6 Å². The molecule has 0 spiro atoms. The van der Waals surface area contributed by atoms with Crippen LogP contribution in [0.1, 0.15) is 6.42 Å². The third kappa shape index (κ3) is 5.11. The zero-order chi connectivity index (χ0) is 21.5. The third-order valence-electron chi connectivity index (χ3n) is 4.05. The number of benzene rings is 1. The second kappa shape index (κ2) is 9.83. The van der Waals surface area contributed by atoms with Gasteiger partial charge in [-0.3, -0.25) is 14.2 Å². The Morgan fingerprint density at radius 3 is 2.73 bits per heavy atom. The first kappa shape index (κ1) is 21.2. The van der Waals surface area contributed by atoms with E-state index in [4.69, 9.17) is 19.6 Å². The van der Waals surface area contributed by atoms with E-state index in [1.165, 1.54) is 25.1 Å². The van der Waals surface area contributed by atoms with Gasteiger partial charge >= 0.3 is 0 Å². The van der Waals surface area contributed by atoms with E-state index in [1.54, 1.807) is 42.0 Å². The molecule has 3 aromatic rings. The molecule has 10 nitrogen and oxygen atoms in total. The Balaban J connectivity index is 1.72. The summed E-state index contributed by atoms with van der Waals surface area (Å²) < 4.78 is 17.5. The number of hydrogen-bond acceptors (Lipinski definition) is 8. The number of amides is 2. The van der Waals surface area contributed by atoms with Crippen LogP contribution in [0.15, 0.2) is 46.2 Å². The van der Waals surface area contributed by atoms with Gasteiger partial charge in [-0.2, -0.15) is 0 Å². The van der Waals surface area contributed by atoms with Gasteiger partial charge in [0.25, 0.3) is 0 Å². The number of ether oxygens (including phenoxy) is 2. The van der Waals surface area contributed by atoms with Crippen LogP contribution in [0.2, 0.25) is 0 Å². The molecule has 3 rings (SSSR count). The molecule has 2 amide bonds. The minimum absolute atomic E-state index is 0.0627. The van der Waals surface area contributed by atoms with Crippen LogP contribution >= 0.6 is 11.8 Å². The predicted octanol–water partition coefficient (Wildman–Crippen LogP) is 2.16. The number of furan rings is 1. The molecule has 0 aliphatic heterocycles. The summed E-state index contributed by atoms with van der Waals surface area (Å²) in [6.07, 6.45) is 1.62. The third-order valence-corrected chi connectivity index (χ3v) is 5.02. The van der Waals surface area contributed by atoms with Crippen molar-refractivity contribution in [2.45, 2.75) is 18.1 Å². The van der Waals surface area contributed by atoms with Gasteiger partial charge in [0.1, 0.15) is 11.5 Å². The van der Waals surface area contributed by atoms with E-state index in [0.717, 1.165) is 0 Å². The number of rotatable bonds is 10.